The van der Waals surface area contributed by atoms with E-state index in [-0.39, 0.29) is 5.82 Å². The van der Waals surface area contributed by atoms with Crippen molar-refractivity contribution in [2.75, 3.05) is 30.9 Å². The molecule has 0 fully saturated rings. The molecule has 0 spiro atoms. The number of rotatable bonds is 1. The Morgan fingerprint density at radius 1 is 1.56 bits per heavy atom. The second kappa shape index (κ2) is 4.29. The van der Waals surface area contributed by atoms with E-state index in [2.05, 4.69) is 31.8 Å². The number of nitrogens with one attached hydrogen (secondary N) is 2. The summed E-state index contributed by atoms with van der Waals surface area (Å²) in [5.41, 5.74) is 4.37. The molecule has 1 aliphatic heterocycles. The van der Waals surface area contributed by atoms with Gasteiger partial charge in [0, 0.05) is 18.6 Å². The quantitative estimate of drug-likeness (QED) is 0.776. The molecule has 0 radical (unpaired) electrons. The Balaban J connectivity index is 2.46. The largest absolute Gasteiger partial charge is 0.364 e. The van der Waals surface area contributed by atoms with Crippen LogP contribution in [-0.4, -0.2) is 26.5 Å². The van der Waals surface area contributed by atoms with Crippen LogP contribution in [0.2, 0.25) is 0 Å². The smallest absolute Gasteiger partial charge is 0.146 e. The van der Waals surface area contributed by atoms with Crippen molar-refractivity contribution in [2.24, 2.45) is 5.10 Å². The Bertz CT molecular complexity index is 447. The van der Waals surface area contributed by atoms with E-state index in [4.69, 9.17) is 0 Å². The van der Waals surface area contributed by atoms with Crippen molar-refractivity contribution in [3.63, 3.8) is 0 Å². The van der Waals surface area contributed by atoms with Crippen LogP contribution in [0.1, 0.15) is 0 Å². The molecular formula is C10H12BrFN4. The molecule has 4 nitrogen and oxygen atoms in total. The first-order valence-electron chi connectivity index (χ1n) is 4.82. The number of hydrogen-bond donors (Lipinski definition) is 2. The first kappa shape index (κ1) is 11.2. The first-order chi connectivity index (χ1) is 7.61. The molecule has 0 aliphatic carbocycles. The summed E-state index contributed by atoms with van der Waals surface area (Å²) in [5.74, 6) is 0.479. The molecule has 0 saturated heterocycles. The molecule has 0 unspecified atom stereocenters. The summed E-state index contributed by atoms with van der Waals surface area (Å²) in [5, 5.41) is 7.15. The third kappa shape index (κ3) is 1.97. The van der Waals surface area contributed by atoms with Gasteiger partial charge in [-0.15, -0.1) is 0 Å². The lowest BCUT2D eigenvalue weighted by molar-refractivity contribution is 0.627. The maximum Gasteiger partial charge on any atom is 0.146 e. The van der Waals surface area contributed by atoms with Gasteiger partial charge >= 0.3 is 0 Å². The molecule has 1 aromatic carbocycles. The summed E-state index contributed by atoms with van der Waals surface area (Å²) in [6, 6.07) is 2.91. The molecule has 1 heterocycles. The Morgan fingerprint density at radius 3 is 3.00 bits per heavy atom. The van der Waals surface area contributed by atoms with Crippen molar-refractivity contribution in [3.8, 4) is 0 Å². The van der Waals surface area contributed by atoms with Gasteiger partial charge in [-0.25, -0.2) is 4.39 Å². The van der Waals surface area contributed by atoms with E-state index in [0.29, 0.717) is 6.54 Å². The molecule has 6 heteroatoms. The van der Waals surface area contributed by atoms with Crippen LogP contribution in [0.5, 0.6) is 0 Å². The summed E-state index contributed by atoms with van der Waals surface area (Å²) >= 11 is 3.35. The second-order valence-electron chi connectivity index (χ2n) is 3.55. The van der Waals surface area contributed by atoms with Crippen LogP contribution < -0.4 is 15.6 Å². The first-order valence-corrected chi connectivity index (χ1v) is 5.61. The maximum absolute atomic E-state index is 13.3. The minimum absolute atomic E-state index is 0.280. The zero-order valence-corrected chi connectivity index (χ0v) is 10.6. The second-order valence-corrected chi connectivity index (χ2v) is 4.40. The van der Waals surface area contributed by atoms with Crippen molar-refractivity contribution < 1.29 is 4.39 Å². The maximum atomic E-state index is 13.3. The number of hydrogen-bond acceptors (Lipinski definition) is 3. The van der Waals surface area contributed by atoms with Gasteiger partial charge in [0.05, 0.1) is 17.9 Å². The van der Waals surface area contributed by atoms with Crippen LogP contribution in [-0.2, 0) is 0 Å². The molecule has 2 rings (SSSR count). The molecule has 86 valence electrons. The lowest BCUT2D eigenvalue weighted by Crippen LogP contribution is -2.36. The molecule has 0 atom stereocenters. The van der Waals surface area contributed by atoms with Crippen LogP contribution in [0.25, 0.3) is 0 Å². The number of halogens is 2. The summed E-state index contributed by atoms with van der Waals surface area (Å²) < 4.78 is 14.0. The molecule has 1 aromatic rings. The summed E-state index contributed by atoms with van der Waals surface area (Å²) in [4.78, 5) is 2.01. The third-order valence-corrected chi connectivity index (χ3v) is 2.93. The summed E-state index contributed by atoms with van der Waals surface area (Å²) in [7, 11) is 3.67. The predicted molar refractivity (Wildman–Crippen MR) is 67.5 cm³/mol. The number of amidine groups is 1. The highest BCUT2D eigenvalue weighted by atomic mass is 79.9. The zero-order chi connectivity index (χ0) is 11.7. The van der Waals surface area contributed by atoms with E-state index in [1.54, 1.807) is 7.05 Å². The summed E-state index contributed by atoms with van der Waals surface area (Å²) in [6.07, 6.45) is 0. The van der Waals surface area contributed by atoms with Crippen molar-refractivity contribution in [1.82, 2.24) is 5.43 Å². The van der Waals surface area contributed by atoms with Crippen molar-refractivity contribution >= 4 is 33.1 Å². The highest BCUT2D eigenvalue weighted by Gasteiger charge is 2.21. The number of likely N-dealkylation sites (N-methyl/N-ethyl adjacent to an activating group) is 1. The number of fused-ring (bicyclic) bond motifs is 1. The molecule has 0 saturated carbocycles. The van der Waals surface area contributed by atoms with Crippen LogP contribution in [0.15, 0.2) is 21.7 Å². The number of benzene rings is 1. The normalized spacial score (nSPS) is 17.0. The molecule has 2 N–H and O–H groups in total. The Kier molecular flexibility index (Phi) is 3.00. The number of anilines is 2. The molecule has 0 amide bonds. The highest BCUT2D eigenvalue weighted by Crippen LogP contribution is 2.36. The van der Waals surface area contributed by atoms with Crippen molar-refractivity contribution in [1.29, 1.82) is 0 Å². The fourth-order valence-electron chi connectivity index (χ4n) is 1.75. The van der Waals surface area contributed by atoms with E-state index in [1.165, 1.54) is 12.1 Å². The Hall–Kier alpha value is -1.30. The zero-order valence-electron chi connectivity index (χ0n) is 9.01. The van der Waals surface area contributed by atoms with Gasteiger partial charge < -0.3 is 15.6 Å². The SMILES string of the molecule is CN/N=C1/CN(C)c2c(Br)cc(F)cc2N1. The van der Waals surface area contributed by atoms with Gasteiger partial charge in [0.2, 0.25) is 0 Å². The molecule has 1 aliphatic rings. The standard InChI is InChI=1S/C10H12BrFN4/c1-13-15-9-5-16(2)10-7(11)3-6(12)4-8(10)14-9/h3-4,13H,5H2,1-2H3,(H,14,15). The van der Waals surface area contributed by atoms with E-state index in [0.717, 1.165) is 21.7 Å². The van der Waals surface area contributed by atoms with Crippen LogP contribution in [0, 0.1) is 5.82 Å². The van der Waals surface area contributed by atoms with Gasteiger partial charge in [-0.1, -0.05) is 0 Å². The lowest BCUT2D eigenvalue weighted by atomic mass is 10.2. The van der Waals surface area contributed by atoms with E-state index in [9.17, 15) is 4.39 Å². The van der Waals surface area contributed by atoms with Crippen LogP contribution >= 0.6 is 15.9 Å². The third-order valence-electron chi connectivity index (χ3n) is 2.32. The molecule has 0 bridgehead atoms. The lowest BCUT2D eigenvalue weighted by Gasteiger charge is -2.30. The van der Waals surface area contributed by atoms with Gasteiger partial charge in [0.1, 0.15) is 11.7 Å². The fourth-order valence-corrected chi connectivity index (χ4v) is 2.48. The van der Waals surface area contributed by atoms with Gasteiger partial charge in [0.15, 0.2) is 0 Å². The summed E-state index contributed by atoms with van der Waals surface area (Å²) in [6.45, 7) is 0.651. The van der Waals surface area contributed by atoms with Crippen molar-refractivity contribution in [3.05, 3.63) is 22.4 Å². The average Bonchev–Trinajstić information content (AvgIpc) is 2.15. The number of nitrogens with zero attached hydrogens (tertiary/aromatic N) is 2. The van der Waals surface area contributed by atoms with Crippen LogP contribution in [0.4, 0.5) is 15.8 Å². The van der Waals surface area contributed by atoms with Gasteiger partial charge in [0.25, 0.3) is 0 Å². The van der Waals surface area contributed by atoms with E-state index >= 15 is 0 Å². The minimum Gasteiger partial charge on any atom is -0.364 e. The molecular weight excluding hydrogens is 275 g/mol. The highest BCUT2D eigenvalue weighted by molar-refractivity contribution is 9.10. The minimum atomic E-state index is -0.280. The monoisotopic (exact) mass is 286 g/mol. The van der Waals surface area contributed by atoms with Crippen LogP contribution in [0.3, 0.4) is 0 Å². The van der Waals surface area contributed by atoms with E-state index in [1.807, 2.05) is 11.9 Å². The average molecular weight is 287 g/mol. The number of hydrazone groups is 1. The topological polar surface area (TPSA) is 39.7 Å². The Labute approximate surface area is 102 Å². The van der Waals surface area contributed by atoms with Gasteiger partial charge in [-0.2, -0.15) is 5.10 Å². The molecule has 0 aromatic heterocycles. The van der Waals surface area contributed by atoms with Crippen molar-refractivity contribution in [2.45, 2.75) is 0 Å². The Morgan fingerprint density at radius 2 is 2.31 bits per heavy atom. The van der Waals surface area contributed by atoms with Gasteiger partial charge in [-0.3, -0.25) is 0 Å². The van der Waals surface area contributed by atoms with E-state index < -0.39 is 0 Å². The predicted octanol–water partition coefficient (Wildman–Crippen LogP) is 1.98. The van der Waals surface area contributed by atoms with Gasteiger partial charge in [-0.05, 0) is 28.1 Å². The molecule has 16 heavy (non-hydrogen) atoms. The fraction of sp³-hybridized carbons (Fsp3) is 0.300.